The smallest absolute Gasteiger partial charge is 0.303 e. The molecule has 5 nitrogen and oxygen atoms in total. The molecule has 3 rings (SSSR count). The van der Waals surface area contributed by atoms with Crippen molar-refractivity contribution in [2.45, 2.75) is 12.5 Å². The minimum absolute atomic E-state index is 0.259. The van der Waals surface area contributed by atoms with E-state index in [4.69, 9.17) is 0 Å². The lowest BCUT2D eigenvalue weighted by atomic mass is 10.2. The molecule has 2 fully saturated rings. The lowest BCUT2D eigenvalue weighted by Gasteiger charge is -2.37. The normalized spacial score (nSPS) is 24.8. The van der Waals surface area contributed by atoms with Gasteiger partial charge in [0.1, 0.15) is 0 Å². The maximum Gasteiger partial charge on any atom is 0.303 e. The number of anilines is 1. The van der Waals surface area contributed by atoms with Crippen LogP contribution in [0.3, 0.4) is 0 Å². The quantitative estimate of drug-likeness (QED) is 0.633. The van der Waals surface area contributed by atoms with Crippen molar-refractivity contribution in [2.75, 3.05) is 42.6 Å². The van der Waals surface area contributed by atoms with E-state index in [-0.39, 0.29) is 10.6 Å². The topological polar surface area (TPSA) is 49.6 Å². The Labute approximate surface area is 120 Å². The van der Waals surface area contributed by atoms with Crippen molar-refractivity contribution in [2.24, 2.45) is 0 Å². The van der Waals surface area contributed by atoms with E-state index >= 15 is 0 Å². The molecule has 0 aromatic carbocycles. The summed E-state index contributed by atoms with van der Waals surface area (Å²) in [5.74, 6) is 2.53. The van der Waals surface area contributed by atoms with Gasteiger partial charge in [-0.3, -0.25) is 15.0 Å². The molecular weight excluding hydrogens is 282 g/mol. The molecule has 2 saturated heterocycles. The fourth-order valence-corrected chi connectivity index (χ4v) is 4.95. The van der Waals surface area contributed by atoms with Gasteiger partial charge in [-0.05, 0) is 17.6 Å². The summed E-state index contributed by atoms with van der Waals surface area (Å²) >= 11 is 3.52. The van der Waals surface area contributed by atoms with Crippen LogP contribution in [0.25, 0.3) is 0 Å². The van der Waals surface area contributed by atoms with E-state index in [1.807, 2.05) is 17.1 Å². The van der Waals surface area contributed by atoms with Crippen molar-refractivity contribution in [3.63, 3.8) is 0 Å². The molecule has 0 aliphatic carbocycles. The number of hydrogen-bond acceptors (Lipinski definition) is 6. The summed E-state index contributed by atoms with van der Waals surface area (Å²) in [6, 6.07) is 2.34. The molecule has 104 valence electrons. The molecule has 0 N–H and O–H groups in total. The molecule has 0 bridgehead atoms. The predicted octanol–water partition coefficient (Wildman–Crippen LogP) is 2.28. The summed E-state index contributed by atoms with van der Waals surface area (Å²) in [5, 5.41) is 13.6. The predicted molar refractivity (Wildman–Crippen MR) is 80.5 cm³/mol. The number of hydrogen-bond donors (Lipinski definition) is 0. The van der Waals surface area contributed by atoms with Crippen LogP contribution in [-0.2, 0) is 0 Å². The van der Waals surface area contributed by atoms with Crippen molar-refractivity contribution in [3.05, 3.63) is 21.6 Å². The van der Waals surface area contributed by atoms with Gasteiger partial charge in [-0.2, -0.15) is 11.8 Å². The molecule has 7 heteroatoms. The summed E-state index contributed by atoms with van der Waals surface area (Å²) in [4.78, 5) is 15.4. The highest BCUT2D eigenvalue weighted by atomic mass is 32.2. The zero-order valence-corrected chi connectivity index (χ0v) is 12.3. The number of thiophene rings is 1. The average Bonchev–Trinajstić information content (AvgIpc) is 3.10. The monoisotopic (exact) mass is 299 g/mol. The van der Waals surface area contributed by atoms with E-state index in [2.05, 4.69) is 9.80 Å². The minimum atomic E-state index is -0.272. The van der Waals surface area contributed by atoms with Gasteiger partial charge in [0, 0.05) is 44.0 Å². The molecule has 0 radical (unpaired) electrons. The Kier molecular flexibility index (Phi) is 3.95. The summed E-state index contributed by atoms with van der Waals surface area (Å²) < 4.78 is 0. The van der Waals surface area contributed by atoms with E-state index in [1.165, 1.54) is 29.3 Å². The minimum Gasteiger partial charge on any atom is -0.355 e. The van der Waals surface area contributed by atoms with Gasteiger partial charge in [-0.15, -0.1) is 11.3 Å². The summed E-state index contributed by atoms with van der Waals surface area (Å²) in [6.45, 7) is 3.87. The van der Waals surface area contributed by atoms with E-state index in [0.717, 1.165) is 37.2 Å². The molecule has 2 aliphatic heterocycles. The number of piperazine rings is 1. The molecule has 2 aliphatic rings. The fraction of sp³-hybridized carbons (Fsp3) is 0.667. The first-order valence-electron chi connectivity index (χ1n) is 6.54. The molecule has 0 saturated carbocycles. The molecule has 1 atom stereocenters. The molecule has 0 amide bonds. The van der Waals surface area contributed by atoms with Crippen LogP contribution in [0.15, 0.2) is 11.4 Å². The highest BCUT2D eigenvalue weighted by molar-refractivity contribution is 7.99. The van der Waals surface area contributed by atoms with E-state index in [0.29, 0.717) is 0 Å². The van der Waals surface area contributed by atoms with Crippen LogP contribution >= 0.6 is 23.1 Å². The van der Waals surface area contributed by atoms with Crippen LogP contribution in [0, 0.1) is 10.1 Å². The van der Waals surface area contributed by atoms with E-state index < -0.39 is 0 Å². The molecule has 1 unspecified atom stereocenters. The van der Waals surface area contributed by atoms with Crippen molar-refractivity contribution in [1.29, 1.82) is 0 Å². The largest absolute Gasteiger partial charge is 0.355 e. The van der Waals surface area contributed by atoms with Crippen molar-refractivity contribution < 1.29 is 4.92 Å². The Bertz CT molecular complexity index is 452. The lowest BCUT2D eigenvalue weighted by Crippen LogP contribution is -2.50. The molecule has 0 spiro atoms. The second-order valence-corrected chi connectivity index (χ2v) is 6.95. The van der Waals surface area contributed by atoms with Crippen molar-refractivity contribution >= 4 is 33.8 Å². The molecule has 1 aromatic heterocycles. The van der Waals surface area contributed by atoms with Gasteiger partial charge >= 0.3 is 5.69 Å². The number of nitro groups is 1. The highest BCUT2D eigenvalue weighted by Gasteiger charge is 2.29. The van der Waals surface area contributed by atoms with Gasteiger partial charge in [-0.1, -0.05) is 0 Å². The van der Waals surface area contributed by atoms with Gasteiger partial charge in [-0.25, -0.2) is 0 Å². The Morgan fingerprint density at radius 3 is 2.74 bits per heavy atom. The van der Waals surface area contributed by atoms with Crippen LogP contribution in [0.5, 0.6) is 0 Å². The Balaban J connectivity index is 1.63. The first-order valence-corrected chi connectivity index (χ1v) is 8.58. The van der Waals surface area contributed by atoms with Gasteiger partial charge in [0.25, 0.3) is 0 Å². The van der Waals surface area contributed by atoms with Gasteiger partial charge in [0.2, 0.25) is 0 Å². The molecular formula is C12H17N3O2S2. The third-order valence-corrected chi connectivity index (χ3v) is 5.95. The Hall–Kier alpha value is -0.790. The molecule has 19 heavy (non-hydrogen) atoms. The Morgan fingerprint density at radius 2 is 2.11 bits per heavy atom. The van der Waals surface area contributed by atoms with Gasteiger partial charge < -0.3 is 4.90 Å². The molecule has 3 heterocycles. The SMILES string of the molecule is O=[N+]([O-])c1ccsc1N1CCN(C2CCSC2)CC1. The Morgan fingerprint density at radius 1 is 1.32 bits per heavy atom. The lowest BCUT2D eigenvalue weighted by molar-refractivity contribution is -0.383. The number of nitrogens with zero attached hydrogens (tertiary/aromatic N) is 3. The summed E-state index contributed by atoms with van der Waals surface area (Å²) in [6.07, 6.45) is 1.30. The fourth-order valence-electron chi connectivity index (χ4n) is 2.77. The van der Waals surface area contributed by atoms with Crippen LogP contribution in [0.2, 0.25) is 0 Å². The van der Waals surface area contributed by atoms with Crippen molar-refractivity contribution in [3.8, 4) is 0 Å². The van der Waals surface area contributed by atoms with Gasteiger partial charge in [0.15, 0.2) is 5.00 Å². The second kappa shape index (κ2) is 5.68. The first-order chi connectivity index (χ1) is 9.25. The third-order valence-electron chi connectivity index (χ3n) is 3.84. The maximum atomic E-state index is 11.0. The van der Waals surface area contributed by atoms with Gasteiger partial charge in [0.05, 0.1) is 4.92 Å². The zero-order valence-electron chi connectivity index (χ0n) is 10.7. The van der Waals surface area contributed by atoms with Crippen LogP contribution in [0.4, 0.5) is 10.7 Å². The summed E-state index contributed by atoms with van der Waals surface area (Å²) in [7, 11) is 0. The number of rotatable bonds is 3. The van der Waals surface area contributed by atoms with Crippen LogP contribution < -0.4 is 4.90 Å². The van der Waals surface area contributed by atoms with Crippen LogP contribution in [0.1, 0.15) is 6.42 Å². The maximum absolute atomic E-state index is 11.0. The number of thioether (sulfide) groups is 1. The average molecular weight is 299 g/mol. The standard InChI is InChI=1S/C12H17N3O2S2/c16-15(17)11-2-8-19-12(11)14-5-3-13(4-6-14)10-1-7-18-9-10/h2,8,10H,1,3-7,9H2. The van der Waals surface area contributed by atoms with E-state index in [9.17, 15) is 10.1 Å². The first kappa shape index (κ1) is 13.2. The van der Waals surface area contributed by atoms with E-state index in [1.54, 1.807) is 6.07 Å². The van der Waals surface area contributed by atoms with Crippen molar-refractivity contribution in [1.82, 2.24) is 4.90 Å². The zero-order chi connectivity index (χ0) is 13.2. The third kappa shape index (κ3) is 2.73. The highest BCUT2D eigenvalue weighted by Crippen LogP contribution is 2.35. The summed E-state index contributed by atoms with van der Waals surface area (Å²) in [5.41, 5.74) is 0.259. The molecule has 1 aromatic rings. The second-order valence-electron chi connectivity index (χ2n) is 4.91. The van der Waals surface area contributed by atoms with Crippen LogP contribution in [-0.4, -0.2) is 53.5 Å².